The summed E-state index contributed by atoms with van der Waals surface area (Å²) in [6.45, 7) is 0. The molecule has 4 aromatic rings. The number of carbonyl (C=O) groups excluding carboxylic acids is 2. The lowest BCUT2D eigenvalue weighted by Gasteiger charge is -2.29. The highest BCUT2D eigenvalue weighted by atomic mass is 32.1. The van der Waals surface area contributed by atoms with Crippen LogP contribution in [-0.2, 0) is 9.59 Å². The summed E-state index contributed by atoms with van der Waals surface area (Å²) in [6, 6.07) is 27.7. The van der Waals surface area contributed by atoms with Crippen LogP contribution in [0.5, 0.6) is 17.2 Å². The second-order valence-electron chi connectivity index (χ2n) is 7.77. The standard InChI is InChI=1S/C28H20N2O4S/c1-33-25-16-11-18-7-5-6-10-22(18)23(25)17-24-26(31)29-28(35)30(27(24)32)19-12-14-21(15-13-19)34-20-8-3-2-4-9-20/h2-17H,1H3,(H,29,31,35)/b24-17+. The number of nitrogens with zero attached hydrogens (tertiary/aromatic N) is 1. The fourth-order valence-electron chi connectivity index (χ4n) is 3.93. The second-order valence-corrected chi connectivity index (χ2v) is 8.16. The average Bonchev–Trinajstić information content (AvgIpc) is 2.88. The summed E-state index contributed by atoms with van der Waals surface area (Å²) in [5, 5.41) is 4.46. The summed E-state index contributed by atoms with van der Waals surface area (Å²) in [4.78, 5) is 27.6. The zero-order valence-corrected chi connectivity index (χ0v) is 19.5. The Morgan fingerprint density at radius 3 is 2.26 bits per heavy atom. The predicted molar refractivity (Wildman–Crippen MR) is 140 cm³/mol. The Balaban J connectivity index is 1.50. The number of carbonyl (C=O) groups is 2. The summed E-state index contributed by atoms with van der Waals surface area (Å²) < 4.78 is 11.3. The molecule has 0 aliphatic carbocycles. The van der Waals surface area contributed by atoms with E-state index in [4.69, 9.17) is 21.7 Å². The molecule has 5 rings (SSSR count). The molecule has 0 spiro atoms. The molecule has 0 atom stereocenters. The maximum Gasteiger partial charge on any atom is 0.270 e. The molecule has 0 saturated carbocycles. The van der Waals surface area contributed by atoms with Crippen molar-refractivity contribution in [3.8, 4) is 17.2 Å². The smallest absolute Gasteiger partial charge is 0.270 e. The van der Waals surface area contributed by atoms with E-state index in [0.29, 0.717) is 28.5 Å². The van der Waals surface area contributed by atoms with Crippen LogP contribution < -0.4 is 19.7 Å². The number of hydrogen-bond acceptors (Lipinski definition) is 5. The first-order valence-electron chi connectivity index (χ1n) is 10.9. The number of amides is 2. The summed E-state index contributed by atoms with van der Waals surface area (Å²) >= 11 is 5.33. The number of methoxy groups -OCH3 is 1. The third-order valence-corrected chi connectivity index (χ3v) is 5.90. The number of nitrogens with one attached hydrogen (secondary N) is 1. The lowest BCUT2D eigenvalue weighted by Crippen LogP contribution is -2.54. The Bertz CT molecular complexity index is 1480. The van der Waals surface area contributed by atoms with Crippen LogP contribution in [0.1, 0.15) is 5.56 Å². The number of benzene rings is 4. The molecule has 1 heterocycles. The van der Waals surface area contributed by atoms with E-state index >= 15 is 0 Å². The minimum absolute atomic E-state index is 0.0127. The van der Waals surface area contributed by atoms with E-state index in [-0.39, 0.29) is 10.7 Å². The largest absolute Gasteiger partial charge is 0.496 e. The number of rotatable bonds is 5. The molecule has 7 heteroatoms. The lowest BCUT2D eigenvalue weighted by atomic mass is 9.99. The van der Waals surface area contributed by atoms with Crippen molar-refractivity contribution in [3.05, 3.63) is 102 Å². The molecule has 35 heavy (non-hydrogen) atoms. The van der Waals surface area contributed by atoms with Crippen molar-refractivity contribution in [2.45, 2.75) is 0 Å². The van der Waals surface area contributed by atoms with Crippen LogP contribution in [-0.4, -0.2) is 24.0 Å². The Morgan fingerprint density at radius 1 is 0.829 bits per heavy atom. The van der Waals surface area contributed by atoms with Crippen LogP contribution >= 0.6 is 12.2 Å². The maximum absolute atomic E-state index is 13.5. The van der Waals surface area contributed by atoms with Gasteiger partial charge in [0.2, 0.25) is 0 Å². The topological polar surface area (TPSA) is 67.9 Å². The van der Waals surface area contributed by atoms with Crippen molar-refractivity contribution >= 4 is 51.7 Å². The summed E-state index contributed by atoms with van der Waals surface area (Å²) in [5.41, 5.74) is 1.11. The van der Waals surface area contributed by atoms with Gasteiger partial charge in [-0.05, 0) is 71.5 Å². The zero-order chi connectivity index (χ0) is 24.4. The first-order valence-corrected chi connectivity index (χ1v) is 11.3. The van der Waals surface area contributed by atoms with Crippen LogP contribution in [0.25, 0.3) is 16.8 Å². The maximum atomic E-state index is 13.5. The van der Waals surface area contributed by atoms with Crippen LogP contribution in [0, 0.1) is 0 Å². The first kappa shape index (κ1) is 22.3. The Hall–Kier alpha value is -4.49. The molecule has 0 aromatic heterocycles. The molecule has 2 amide bonds. The van der Waals surface area contributed by atoms with E-state index in [0.717, 1.165) is 10.8 Å². The van der Waals surface area contributed by atoms with Gasteiger partial charge in [-0.1, -0.05) is 48.5 Å². The average molecular weight is 481 g/mol. The van der Waals surface area contributed by atoms with E-state index in [1.807, 2.05) is 66.7 Å². The molecule has 1 fully saturated rings. The molecule has 0 radical (unpaired) electrons. The Labute approximate surface area is 207 Å². The molecule has 1 aliphatic heterocycles. The summed E-state index contributed by atoms with van der Waals surface area (Å²) in [7, 11) is 1.55. The van der Waals surface area contributed by atoms with Crippen molar-refractivity contribution in [2.24, 2.45) is 0 Å². The molecule has 0 unspecified atom stereocenters. The molecule has 1 saturated heterocycles. The van der Waals surface area contributed by atoms with Gasteiger partial charge in [-0.15, -0.1) is 0 Å². The van der Waals surface area contributed by atoms with Crippen molar-refractivity contribution < 1.29 is 19.1 Å². The molecule has 0 bridgehead atoms. The van der Waals surface area contributed by atoms with Gasteiger partial charge < -0.3 is 9.47 Å². The van der Waals surface area contributed by atoms with Crippen LogP contribution in [0.4, 0.5) is 5.69 Å². The fraction of sp³-hybridized carbons (Fsp3) is 0.0357. The van der Waals surface area contributed by atoms with E-state index in [1.165, 1.54) is 4.90 Å². The first-order chi connectivity index (χ1) is 17.0. The third-order valence-electron chi connectivity index (χ3n) is 5.61. The van der Waals surface area contributed by atoms with Gasteiger partial charge >= 0.3 is 0 Å². The lowest BCUT2D eigenvalue weighted by molar-refractivity contribution is -0.122. The molecule has 1 N–H and O–H groups in total. The summed E-state index contributed by atoms with van der Waals surface area (Å²) in [6.07, 6.45) is 1.56. The van der Waals surface area contributed by atoms with Crippen molar-refractivity contribution in [2.75, 3.05) is 12.0 Å². The highest BCUT2D eigenvalue weighted by molar-refractivity contribution is 7.80. The van der Waals surface area contributed by atoms with Gasteiger partial charge in [0, 0.05) is 5.56 Å². The molecule has 1 aliphatic rings. The van der Waals surface area contributed by atoms with Crippen LogP contribution in [0.3, 0.4) is 0 Å². The minimum Gasteiger partial charge on any atom is -0.496 e. The number of anilines is 1. The highest BCUT2D eigenvalue weighted by Gasteiger charge is 2.34. The number of hydrogen-bond donors (Lipinski definition) is 1. The normalized spacial score (nSPS) is 14.8. The third kappa shape index (κ3) is 4.37. The number of fused-ring (bicyclic) bond motifs is 1. The van der Waals surface area contributed by atoms with Crippen LogP contribution in [0.2, 0.25) is 0 Å². The summed E-state index contributed by atoms with van der Waals surface area (Å²) in [5.74, 6) is 0.779. The van der Waals surface area contributed by atoms with Crippen LogP contribution in [0.15, 0.2) is 96.6 Å². The van der Waals surface area contributed by atoms with Gasteiger partial charge in [-0.2, -0.15) is 0 Å². The molecular weight excluding hydrogens is 460 g/mol. The van der Waals surface area contributed by atoms with E-state index in [1.54, 1.807) is 37.5 Å². The Morgan fingerprint density at radius 2 is 1.51 bits per heavy atom. The van der Waals surface area contributed by atoms with E-state index in [9.17, 15) is 9.59 Å². The van der Waals surface area contributed by atoms with Crippen molar-refractivity contribution in [1.29, 1.82) is 0 Å². The molecule has 172 valence electrons. The van der Waals surface area contributed by atoms with E-state index < -0.39 is 11.8 Å². The quantitative estimate of drug-likeness (QED) is 0.233. The Kier molecular flexibility index (Phi) is 5.99. The minimum atomic E-state index is -0.560. The van der Waals surface area contributed by atoms with Crippen molar-refractivity contribution in [1.82, 2.24) is 5.32 Å². The number of ether oxygens (including phenoxy) is 2. The van der Waals surface area contributed by atoms with Gasteiger partial charge in [0.05, 0.1) is 12.8 Å². The highest BCUT2D eigenvalue weighted by Crippen LogP contribution is 2.32. The van der Waals surface area contributed by atoms with Gasteiger partial charge in [0.15, 0.2) is 5.11 Å². The van der Waals surface area contributed by atoms with Gasteiger partial charge in [0.1, 0.15) is 22.8 Å². The van der Waals surface area contributed by atoms with Gasteiger partial charge in [-0.25, -0.2) is 0 Å². The SMILES string of the molecule is COc1ccc2ccccc2c1/C=C1\C(=O)NC(=S)N(c2ccc(Oc3ccccc3)cc2)C1=O. The molecule has 4 aromatic carbocycles. The van der Waals surface area contributed by atoms with Gasteiger partial charge in [-0.3, -0.25) is 19.8 Å². The molecule has 6 nitrogen and oxygen atoms in total. The van der Waals surface area contributed by atoms with Crippen molar-refractivity contribution in [3.63, 3.8) is 0 Å². The molecular formula is C28H20N2O4S. The monoisotopic (exact) mass is 480 g/mol. The number of thiocarbonyl (C=S) groups is 1. The van der Waals surface area contributed by atoms with E-state index in [2.05, 4.69) is 5.32 Å². The number of para-hydroxylation sites is 1. The zero-order valence-electron chi connectivity index (χ0n) is 18.7. The predicted octanol–water partition coefficient (Wildman–Crippen LogP) is 5.47. The fourth-order valence-corrected chi connectivity index (χ4v) is 4.21. The second kappa shape index (κ2) is 9.40. The van der Waals surface area contributed by atoms with Gasteiger partial charge in [0.25, 0.3) is 11.8 Å².